The first-order chi connectivity index (χ1) is 8.19. The van der Waals surface area contributed by atoms with E-state index in [-0.39, 0.29) is 4.90 Å². The minimum atomic E-state index is -0.475. The lowest BCUT2D eigenvalue weighted by molar-refractivity contribution is 0.577. The van der Waals surface area contributed by atoms with Gasteiger partial charge < -0.3 is 5.32 Å². The van der Waals surface area contributed by atoms with Gasteiger partial charge >= 0.3 is 0 Å². The Labute approximate surface area is 101 Å². The maximum atomic E-state index is 13.4. The molecule has 1 heterocycles. The van der Waals surface area contributed by atoms with Gasteiger partial charge in [0.15, 0.2) is 0 Å². The molecule has 0 aliphatic rings. The van der Waals surface area contributed by atoms with Crippen LogP contribution in [0.15, 0.2) is 40.5 Å². The third-order valence-corrected chi connectivity index (χ3v) is 2.97. The number of benzene rings is 1. The highest BCUT2D eigenvalue weighted by Gasteiger charge is 2.07. The average Bonchev–Trinajstić information content (AvgIpc) is 2.34. The maximum absolute atomic E-state index is 13.4. The van der Waals surface area contributed by atoms with Crippen molar-refractivity contribution in [3.8, 4) is 0 Å². The molecule has 0 fully saturated rings. The van der Waals surface area contributed by atoms with Gasteiger partial charge in [-0.3, -0.25) is 0 Å². The fourth-order valence-electron chi connectivity index (χ4n) is 1.20. The van der Waals surface area contributed by atoms with Gasteiger partial charge in [0.1, 0.15) is 28.8 Å². The number of halogens is 2. The highest BCUT2D eigenvalue weighted by Crippen LogP contribution is 2.29. The molecule has 0 atom stereocenters. The van der Waals surface area contributed by atoms with Crippen molar-refractivity contribution in [3.05, 3.63) is 42.2 Å². The molecule has 0 amide bonds. The van der Waals surface area contributed by atoms with E-state index in [0.717, 1.165) is 30.0 Å². The molecular weight excluding hydrogens is 244 g/mol. The van der Waals surface area contributed by atoms with Gasteiger partial charge in [-0.1, -0.05) is 11.8 Å². The highest BCUT2D eigenvalue weighted by molar-refractivity contribution is 7.99. The lowest BCUT2D eigenvalue weighted by atomic mass is 10.3. The van der Waals surface area contributed by atoms with Crippen molar-refractivity contribution in [2.75, 3.05) is 12.4 Å². The van der Waals surface area contributed by atoms with Gasteiger partial charge in [-0.15, -0.1) is 0 Å². The lowest BCUT2D eigenvalue weighted by Gasteiger charge is -2.04. The van der Waals surface area contributed by atoms with Crippen LogP contribution >= 0.6 is 11.8 Å². The molecule has 0 aliphatic heterocycles. The van der Waals surface area contributed by atoms with E-state index in [0.29, 0.717) is 10.8 Å². The minimum absolute atomic E-state index is 0.200. The van der Waals surface area contributed by atoms with Gasteiger partial charge in [0.2, 0.25) is 0 Å². The molecule has 1 aromatic heterocycles. The van der Waals surface area contributed by atoms with Gasteiger partial charge in [-0.05, 0) is 18.2 Å². The van der Waals surface area contributed by atoms with Crippen LogP contribution in [0.5, 0.6) is 0 Å². The summed E-state index contributed by atoms with van der Waals surface area (Å²) in [5, 5.41) is 3.40. The molecular formula is C11H9F2N3S. The summed E-state index contributed by atoms with van der Waals surface area (Å²) in [7, 11) is 1.72. The van der Waals surface area contributed by atoms with E-state index >= 15 is 0 Å². The summed E-state index contributed by atoms with van der Waals surface area (Å²) < 4.78 is 26.4. The molecule has 2 rings (SSSR count). The Bertz CT molecular complexity index is 534. The number of rotatable bonds is 3. The lowest BCUT2D eigenvalue weighted by Crippen LogP contribution is -1.93. The topological polar surface area (TPSA) is 37.8 Å². The van der Waals surface area contributed by atoms with Crippen LogP contribution in [0.1, 0.15) is 0 Å². The largest absolute Gasteiger partial charge is 0.373 e. The summed E-state index contributed by atoms with van der Waals surface area (Å²) in [6, 6.07) is 4.98. The maximum Gasteiger partial charge on any atom is 0.137 e. The molecule has 0 saturated heterocycles. The third-order valence-electron chi connectivity index (χ3n) is 2.01. The Morgan fingerprint density at radius 3 is 2.76 bits per heavy atom. The van der Waals surface area contributed by atoms with Crippen LogP contribution in [0.3, 0.4) is 0 Å². The molecule has 0 unspecified atom stereocenters. The first kappa shape index (κ1) is 11.8. The molecule has 1 N–H and O–H groups in total. The normalized spacial score (nSPS) is 10.3. The van der Waals surface area contributed by atoms with Crippen molar-refractivity contribution in [2.24, 2.45) is 0 Å². The summed E-state index contributed by atoms with van der Waals surface area (Å²) in [6.45, 7) is 0. The smallest absolute Gasteiger partial charge is 0.137 e. The van der Waals surface area contributed by atoms with E-state index in [2.05, 4.69) is 15.3 Å². The number of nitrogens with zero attached hydrogens (tertiary/aromatic N) is 2. The van der Waals surface area contributed by atoms with E-state index < -0.39 is 11.6 Å². The Balaban J connectivity index is 2.27. The van der Waals surface area contributed by atoms with Crippen molar-refractivity contribution < 1.29 is 8.78 Å². The Morgan fingerprint density at radius 1 is 1.18 bits per heavy atom. The molecule has 0 aliphatic carbocycles. The second-order valence-electron chi connectivity index (χ2n) is 3.17. The minimum Gasteiger partial charge on any atom is -0.373 e. The van der Waals surface area contributed by atoms with Gasteiger partial charge in [0.05, 0.1) is 4.90 Å². The zero-order valence-corrected chi connectivity index (χ0v) is 9.76. The first-order valence-corrected chi connectivity index (χ1v) is 5.63. The molecule has 0 saturated carbocycles. The number of aromatic nitrogens is 2. The molecule has 0 radical (unpaired) electrons. The molecule has 17 heavy (non-hydrogen) atoms. The zero-order valence-electron chi connectivity index (χ0n) is 8.95. The predicted molar refractivity (Wildman–Crippen MR) is 62.1 cm³/mol. The van der Waals surface area contributed by atoms with Gasteiger partial charge in [-0.25, -0.2) is 18.7 Å². The van der Waals surface area contributed by atoms with Crippen molar-refractivity contribution in [2.45, 2.75) is 9.92 Å². The standard InChI is InChI=1S/C11H9F2N3S/c1-14-10-5-11(16-6-15-10)17-9-4-7(12)2-3-8(9)13/h2-6H,1H3,(H,14,15,16). The summed E-state index contributed by atoms with van der Waals surface area (Å²) in [6.07, 6.45) is 1.37. The van der Waals surface area contributed by atoms with E-state index in [1.807, 2.05) is 0 Å². The van der Waals surface area contributed by atoms with Crippen molar-refractivity contribution in [3.63, 3.8) is 0 Å². The van der Waals surface area contributed by atoms with Crippen LogP contribution in [-0.4, -0.2) is 17.0 Å². The van der Waals surface area contributed by atoms with Crippen LogP contribution in [0.25, 0.3) is 0 Å². The molecule has 88 valence electrons. The molecule has 3 nitrogen and oxygen atoms in total. The average molecular weight is 253 g/mol. The molecule has 1 aromatic carbocycles. The number of hydrogen-bond acceptors (Lipinski definition) is 4. The highest BCUT2D eigenvalue weighted by atomic mass is 32.2. The first-order valence-electron chi connectivity index (χ1n) is 4.82. The Morgan fingerprint density at radius 2 is 2.00 bits per heavy atom. The second-order valence-corrected chi connectivity index (χ2v) is 4.23. The summed E-state index contributed by atoms with van der Waals surface area (Å²) >= 11 is 1.05. The van der Waals surface area contributed by atoms with Crippen LogP contribution < -0.4 is 5.32 Å². The van der Waals surface area contributed by atoms with Crippen LogP contribution in [-0.2, 0) is 0 Å². The van der Waals surface area contributed by atoms with E-state index in [1.54, 1.807) is 13.1 Å². The molecule has 0 spiro atoms. The second kappa shape index (κ2) is 5.09. The van der Waals surface area contributed by atoms with Gasteiger partial charge in [0, 0.05) is 13.1 Å². The van der Waals surface area contributed by atoms with Crippen LogP contribution in [0.2, 0.25) is 0 Å². The molecule has 2 aromatic rings. The Kier molecular flexibility index (Phi) is 3.53. The van der Waals surface area contributed by atoms with E-state index in [4.69, 9.17) is 0 Å². The Hall–Kier alpha value is -1.69. The van der Waals surface area contributed by atoms with Crippen molar-refractivity contribution in [1.29, 1.82) is 0 Å². The van der Waals surface area contributed by atoms with Gasteiger partial charge in [-0.2, -0.15) is 0 Å². The van der Waals surface area contributed by atoms with Crippen molar-refractivity contribution >= 4 is 17.6 Å². The molecule has 0 bridgehead atoms. The van der Waals surface area contributed by atoms with E-state index in [1.165, 1.54) is 6.33 Å². The predicted octanol–water partition coefficient (Wildman–Crippen LogP) is 2.95. The molecule has 6 heteroatoms. The zero-order chi connectivity index (χ0) is 12.3. The fraction of sp³-hybridized carbons (Fsp3) is 0.0909. The van der Waals surface area contributed by atoms with Crippen LogP contribution in [0.4, 0.5) is 14.6 Å². The number of anilines is 1. The van der Waals surface area contributed by atoms with Gasteiger partial charge in [0.25, 0.3) is 0 Å². The quantitative estimate of drug-likeness (QED) is 0.853. The summed E-state index contributed by atoms with van der Waals surface area (Å²) in [5.41, 5.74) is 0. The fourth-order valence-corrected chi connectivity index (χ4v) is 2.03. The summed E-state index contributed by atoms with van der Waals surface area (Å²) in [5.74, 6) is -0.322. The summed E-state index contributed by atoms with van der Waals surface area (Å²) in [4.78, 5) is 8.11. The number of nitrogens with one attached hydrogen (secondary N) is 1. The third kappa shape index (κ3) is 2.91. The monoisotopic (exact) mass is 253 g/mol. The van der Waals surface area contributed by atoms with Crippen molar-refractivity contribution in [1.82, 2.24) is 9.97 Å². The van der Waals surface area contributed by atoms with Crippen LogP contribution in [0, 0.1) is 11.6 Å². The van der Waals surface area contributed by atoms with E-state index in [9.17, 15) is 8.78 Å². The number of hydrogen-bond donors (Lipinski definition) is 1. The SMILES string of the molecule is CNc1cc(Sc2cc(F)ccc2F)ncn1.